The van der Waals surface area contributed by atoms with E-state index < -0.39 is 0 Å². The first kappa shape index (κ1) is 13.6. The molecule has 3 nitrogen and oxygen atoms in total. The van der Waals surface area contributed by atoms with Crippen LogP contribution in [0.5, 0.6) is 0 Å². The molecule has 0 aromatic carbocycles. The summed E-state index contributed by atoms with van der Waals surface area (Å²) in [7, 11) is -0.299. The van der Waals surface area contributed by atoms with Gasteiger partial charge in [0.05, 0.1) is 22.3 Å². The maximum absolute atomic E-state index is 6.13. The van der Waals surface area contributed by atoms with E-state index in [1.165, 1.54) is 30.6 Å². The minimum atomic E-state index is -0.299. The number of rotatable bonds is 2. The van der Waals surface area contributed by atoms with Gasteiger partial charge in [0, 0.05) is 4.88 Å². The van der Waals surface area contributed by atoms with Crippen LogP contribution in [0.3, 0.4) is 0 Å². The molecule has 19 heavy (non-hydrogen) atoms. The predicted octanol–water partition coefficient (Wildman–Crippen LogP) is 3.10. The van der Waals surface area contributed by atoms with Crippen LogP contribution in [-0.2, 0) is 9.31 Å². The number of thiazole rings is 1. The van der Waals surface area contributed by atoms with Crippen molar-refractivity contribution in [1.29, 1.82) is 0 Å². The highest BCUT2D eigenvalue weighted by Crippen LogP contribution is 2.39. The maximum atomic E-state index is 6.13. The quantitative estimate of drug-likeness (QED) is 0.779. The third-order valence-corrected chi connectivity index (χ3v) is 5.83. The molecule has 2 heterocycles. The van der Waals surface area contributed by atoms with Gasteiger partial charge in [0.25, 0.3) is 0 Å². The lowest BCUT2D eigenvalue weighted by Crippen LogP contribution is -2.41. The van der Waals surface area contributed by atoms with E-state index in [0.717, 1.165) is 5.59 Å². The average molecular weight is 279 g/mol. The summed E-state index contributed by atoms with van der Waals surface area (Å²) in [5.74, 6) is 0.668. The van der Waals surface area contributed by atoms with Gasteiger partial charge in [-0.1, -0.05) is 12.8 Å². The molecule has 1 aromatic rings. The van der Waals surface area contributed by atoms with Crippen molar-refractivity contribution in [3.05, 3.63) is 10.4 Å². The van der Waals surface area contributed by atoms with Gasteiger partial charge in [-0.25, -0.2) is 0 Å². The van der Waals surface area contributed by atoms with Gasteiger partial charge in [0.2, 0.25) is 0 Å². The van der Waals surface area contributed by atoms with Gasteiger partial charge in [-0.2, -0.15) is 0 Å². The van der Waals surface area contributed by atoms with E-state index in [4.69, 9.17) is 9.31 Å². The zero-order valence-corrected chi connectivity index (χ0v) is 13.0. The number of hydrogen-bond donors (Lipinski definition) is 0. The molecule has 1 aliphatic carbocycles. The molecule has 0 spiro atoms. The second-order valence-corrected chi connectivity index (χ2v) is 7.56. The Bertz CT molecular complexity index is 450. The van der Waals surface area contributed by atoms with Gasteiger partial charge in [0.1, 0.15) is 0 Å². The molecule has 2 fully saturated rings. The molecule has 0 N–H and O–H groups in total. The molecule has 0 radical (unpaired) electrons. The van der Waals surface area contributed by atoms with Crippen molar-refractivity contribution in [3.8, 4) is 0 Å². The topological polar surface area (TPSA) is 31.4 Å². The highest BCUT2D eigenvalue weighted by molar-refractivity contribution is 7.11. The largest absolute Gasteiger partial charge is 0.515 e. The summed E-state index contributed by atoms with van der Waals surface area (Å²) in [6, 6.07) is 0. The predicted molar refractivity (Wildman–Crippen MR) is 79.0 cm³/mol. The van der Waals surface area contributed by atoms with Crippen LogP contribution in [0, 0.1) is 0 Å². The van der Waals surface area contributed by atoms with Gasteiger partial charge in [-0.05, 0) is 46.5 Å². The van der Waals surface area contributed by atoms with Crippen LogP contribution in [0.1, 0.15) is 64.2 Å². The van der Waals surface area contributed by atoms with Crippen molar-refractivity contribution in [2.45, 2.75) is 70.5 Å². The minimum absolute atomic E-state index is 0.284. The fourth-order valence-electron chi connectivity index (χ4n) is 2.89. The summed E-state index contributed by atoms with van der Waals surface area (Å²) in [4.78, 5) is 5.93. The highest BCUT2D eigenvalue weighted by atomic mass is 32.1. The van der Waals surface area contributed by atoms with E-state index in [1.807, 2.05) is 5.51 Å². The molecular weight excluding hydrogens is 257 g/mol. The molecule has 0 atom stereocenters. The van der Waals surface area contributed by atoms with Crippen LogP contribution in [0.2, 0.25) is 0 Å². The molecule has 1 saturated carbocycles. The SMILES string of the molecule is CC1(C)OB(c2ncsc2C2CCCC2)OC1(C)C. The third-order valence-electron chi connectivity index (χ3n) is 4.83. The van der Waals surface area contributed by atoms with Crippen molar-refractivity contribution < 1.29 is 9.31 Å². The smallest absolute Gasteiger partial charge is 0.398 e. The lowest BCUT2D eigenvalue weighted by molar-refractivity contribution is 0.00578. The summed E-state index contributed by atoms with van der Waals surface area (Å²) in [5, 5.41) is 0. The number of aromatic nitrogens is 1. The first-order valence-electron chi connectivity index (χ1n) is 7.20. The summed E-state index contributed by atoms with van der Waals surface area (Å²) in [6.07, 6.45) is 5.25. The van der Waals surface area contributed by atoms with Gasteiger partial charge >= 0.3 is 7.12 Å². The fraction of sp³-hybridized carbons (Fsp3) is 0.786. The molecule has 104 valence electrons. The lowest BCUT2D eigenvalue weighted by atomic mass is 9.81. The lowest BCUT2D eigenvalue weighted by Gasteiger charge is -2.32. The Morgan fingerprint density at radius 2 is 1.74 bits per heavy atom. The van der Waals surface area contributed by atoms with E-state index in [9.17, 15) is 0 Å². The van der Waals surface area contributed by atoms with Crippen molar-refractivity contribution in [2.24, 2.45) is 0 Å². The van der Waals surface area contributed by atoms with Crippen LogP contribution < -0.4 is 5.59 Å². The van der Waals surface area contributed by atoms with Gasteiger partial charge in [0.15, 0.2) is 0 Å². The zero-order chi connectivity index (χ0) is 13.7. The zero-order valence-electron chi connectivity index (χ0n) is 12.2. The standard InChI is InChI=1S/C14H22BNO2S/c1-13(2)14(3,4)18-15(17-13)12-11(19-9-16-12)10-7-5-6-8-10/h9-10H,5-8H2,1-4H3. The van der Waals surface area contributed by atoms with Crippen molar-refractivity contribution in [3.63, 3.8) is 0 Å². The second kappa shape index (κ2) is 4.57. The van der Waals surface area contributed by atoms with Crippen LogP contribution in [0.4, 0.5) is 0 Å². The third kappa shape index (κ3) is 2.26. The van der Waals surface area contributed by atoms with Gasteiger partial charge in [-0.15, -0.1) is 11.3 Å². The molecule has 0 bridgehead atoms. The van der Waals surface area contributed by atoms with Crippen molar-refractivity contribution in [1.82, 2.24) is 4.98 Å². The summed E-state index contributed by atoms with van der Waals surface area (Å²) >= 11 is 1.76. The van der Waals surface area contributed by atoms with E-state index in [1.54, 1.807) is 11.3 Å². The summed E-state index contributed by atoms with van der Waals surface area (Å²) in [6.45, 7) is 8.37. The van der Waals surface area contributed by atoms with E-state index in [0.29, 0.717) is 5.92 Å². The normalized spacial score (nSPS) is 26.2. The van der Waals surface area contributed by atoms with E-state index in [-0.39, 0.29) is 18.3 Å². The summed E-state index contributed by atoms with van der Waals surface area (Å²) in [5.41, 5.74) is 2.40. The number of hydrogen-bond acceptors (Lipinski definition) is 4. The Labute approximate surface area is 119 Å². The molecule has 1 aromatic heterocycles. The second-order valence-electron chi connectivity index (χ2n) is 6.67. The fourth-order valence-corrected chi connectivity index (χ4v) is 3.87. The Hall–Kier alpha value is -0.385. The Morgan fingerprint density at radius 3 is 2.32 bits per heavy atom. The molecule has 3 rings (SSSR count). The molecule has 1 saturated heterocycles. The van der Waals surface area contributed by atoms with Crippen LogP contribution >= 0.6 is 11.3 Å². The van der Waals surface area contributed by atoms with Crippen molar-refractivity contribution in [2.75, 3.05) is 0 Å². The van der Waals surface area contributed by atoms with Gasteiger partial charge in [-0.3, -0.25) is 4.98 Å². The monoisotopic (exact) mass is 279 g/mol. The first-order valence-corrected chi connectivity index (χ1v) is 8.07. The minimum Gasteiger partial charge on any atom is -0.398 e. The molecule has 0 amide bonds. The molecule has 1 aliphatic heterocycles. The Balaban J connectivity index is 1.86. The van der Waals surface area contributed by atoms with Crippen molar-refractivity contribution >= 4 is 24.0 Å². The van der Waals surface area contributed by atoms with Gasteiger partial charge < -0.3 is 9.31 Å². The van der Waals surface area contributed by atoms with Crippen LogP contribution in [-0.4, -0.2) is 23.3 Å². The maximum Gasteiger partial charge on any atom is 0.515 e. The molecule has 5 heteroatoms. The molecular formula is C14H22BNO2S. The summed E-state index contributed by atoms with van der Waals surface area (Å²) < 4.78 is 12.3. The first-order chi connectivity index (χ1) is 8.91. The average Bonchev–Trinajstić information content (AvgIpc) is 3.00. The van der Waals surface area contributed by atoms with E-state index >= 15 is 0 Å². The molecule has 0 unspecified atom stereocenters. The van der Waals surface area contributed by atoms with Crippen LogP contribution in [0.15, 0.2) is 5.51 Å². The van der Waals surface area contributed by atoms with Crippen LogP contribution in [0.25, 0.3) is 0 Å². The Kier molecular flexibility index (Phi) is 3.27. The highest BCUT2D eigenvalue weighted by Gasteiger charge is 2.53. The number of nitrogens with zero attached hydrogens (tertiary/aromatic N) is 1. The molecule has 2 aliphatic rings. The Morgan fingerprint density at radius 1 is 1.16 bits per heavy atom. The van der Waals surface area contributed by atoms with E-state index in [2.05, 4.69) is 32.7 Å².